The van der Waals surface area contributed by atoms with Crippen LogP contribution < -0.4 is 4.74 Å². The van der Waals surface area contributed by atoms with Crippen LogP contribution in [0.2, 0.25) is 0 Å². The summed E-state index contributed by atoms with van der Waals surface area (Å²) in [6.07, 6.45) is -3.93. The second kappa shape index (κ2) is 6.43. The molecule has 6 nitrogen and oxygen atoms in total. The fourth-order valence-electron chi connectivity index (χ4n) is 2.84. The first-order valence-corrected chi connectivity index (χ1v) is 7.32. The maximum absolute atomic E-state index is 14.2. The maximum atomic E-state index is 14.2. The minimum absolute atomic E-state index is 0.0240. The van der Waals surface area contributed by atoms with E-state index in [1.54, 1.807) is 0 Å². The summed E-state index contributed by atoms with van der Waals surface area (Å²) < 4.78 is 58.9. The molecule has 2 aliphatic rings. The zero-order chi connectivity index (χ0) is 18.2. The van der Waals surface area contributed by atoms with Gasteiger partial charge in [-0.15, -0.1) is 5.11 Å². The molecule has 1 unspecified atom stereocenters. The molecule has 0 bridgehead atoms. The Bertz CT molecular complexity index is 761. The minimum Gasteiger partial charge on any atom is -0.491 e. The third kappa shape index (κ3) is 3.34. The SMILES string of the molecule is O=C1N=NC=C(N2Cc3cc(OCCO)cc(F)c3C2)C1C(F)(F)F. The first-order chi connectivity index (χ1) is 11.8. The number of aliphatic hydroxyl groups is 1. The number of fused-ring (bicyclic) bond motifs is 1. The molecule has 0 saturated heterocycles. The topological polar surface area (TPSA) is 74.5 Å². The molecule has 2 heterocycles. The van der Waals surface area contributed by atoms with Gasteiger partial charge in [-0.3, -0.25) is 4.79 Å². The highest BCUT2D eigenvalue weighted by Crippen LogP contribution is 2.40. The Morgan fingerprint density at radius 2 is 2.08 bits per heavy atom. The van der Waals surface area contributed by atoms with E-state index in [1.807, 2.05) is 0 Å². The Labute approximate surface area is 139 Å². The van der Waals surface area contributed by atoms with Crippen LogP contribution in [0.4, 0.5) is 17.6 Å². The molecular formula is C15H13F4N3O3. The van der Waals surface area contributed by atoms with Crippen LogP contribution in [-0.4, -0.2) is 35.3 Å². The summed E-state index contributed by atoms with van der Waals surface area (Å²) in [5.74, 6) is -4.25. The normalized spacial score (nSPS) is 19.9. The number of amides is 1. The number of hydrogen-bond acceptors (Lipinski definition) is 5. The number of aliphatic hydroxyl groups excluding tert-OH is 1. The molecule has 1 aromatic rings. The Morgan fingerprint density at radius 1 is 1.32 bits per heavy atom. The van der Waals surface area contributed by atoms with Crippen LogP contribution >= 0.6 is 0 Å². The van der Waals surface area contributed by atoms with Crippen molar-refractivity contribution in [3.63, 3.8) is 0 Å². The lowest BCUT2D eigenvalue weighted by atomic mass is 10.0. The zero-order valence-corrected chi connectivity index (χ0v) is 12.8. The van der Waals surface area contributed by atoms with Gasteiger partial charge in [0, 0.05) is 24.7 Å². The number of carbonyl (C=O) groups is 1. The number of alkyl halides is 3. The number of ether oxygens (including phenoxy) is 1. The van der Waals surface area contributed by atoms with E-state index in [-0.39, 0.29) is 43.3 Å². The van der Waals surface area contributed by atoms with Crippen molar-refractivity contribution in [1.82, 2.24) is 4.90 Å². The van der Waals surface area contributed by atoms with Crippen LogP contribution in [0.25, 0.3) is 0 Å². The predicted octanol–water partition coefficient (Wildman–Crippen LogP) is 2.52. The van der Waals surface area contributed by atoms with Crippen molar-refractivity contribution in [2.45, 2.75) is 19.3 Å². The Hall–Kier alpha value is -2.49. The molecule has 0 radical (unpaired) electrons. The molecule has 10 heteroatoms. The number of halogens is 4. The van der Waals surface area contributed by atoms with Crippen molar-refractivity contribution in [3.05, 3.63) is 41.0 Å². The molecule has 0 aliphatic carbocycles. The van der Waals surface area contributed by atoms with E-state index >= 15 is 0 Å². The predicted molar refractivity (Wildman–Crippen MR) is 75.7 cm³/mol. The molecule has 25 heavy (non-hydrogen) atoms. The third-order valence-corrected chi connectivity index (χ3v) is 3.91. The number of azo groups is 1. The summed E-state index contributed by atoms with van der Waals surface area (Å²) in [7, 11) is 0. The monoisotopic (exact) mass is 359 g/mol. The summed E-state index contributed by atoms with van der Waals surface area (Å²) in [4.78, 5) is 12.8. The molecular weight excluding hydrogens is 346 g/mol. The molecule has 3 rings (SSSR count). The summed E-state index contributed by atoms with van der Waals surface area (Å²) in [5.41, 5.74) is 0.318. The molecule has 134 valence electrons. The first-order valence-electron chi connectivity index (χ1n) is 7.32. The molecule has 0 spiro atoms. The van der Waals surface area contributed by atoms with Crippen LogP contribution in [0.15, 0.2) is 34.3 Å². The zero-order valence-electron chi connectivity index (χ0n) is 12.8. The quantitative estimate of drug-likeness (QED) is 0.839. The largest absolute Gasteiger partial charge is 0.491 e. The van der Waals surface area contributed by atoms with Crippen LogP contribution in [0, 0.1) is 11.7 Å². The second-order valence-electron chi connectivity index (χ2n) is 5.55. The lowest BCUT2D eigenvalue weighted by Crippen LogP contribution is -2.38. The molecule has 1 atom stereocenters. The highest BCUT2D eigenvalue weighted by atomic mass is 19.4. The van der Waals surface area contributed by atoms with E-state index in [9.17, 15) is 22.4 Å². The standard InChI is InChI=1S/C15H13F4N3O3/c16-11-4-9(25-2-1-23)3-8-6-22(7-10(8)11)12-5-20-21-14(24)13(12)15(17,18)19/h3-5,13,23H,1-2,6-7H2. The third-order valence-electron chi connectivity index (χ3n) is 3.91. The van der Waals surface area contributed by atoms with Crippen LogP contribution in [0.1, 0.15) is 11.1 Å². The average molecular weight is 359 g/mol. The lowest BCUT2D eigenvalue weighted by Gasteiger charge is -2.28. The molecule has 0 fully saturated rings. The molecule has 2 aliphatic heterocycles. The molecule has 0 aromatic heterocycles. The van der Waals surface area contributed by atoms with Gasteiger partial charge in [0.05, 0.1) is 18.5 Å². The van der Waals surface area contributed by atoms with Gasteiger partial charge >= 0.3 is 6.18 Å². The average Bonchev–Trinajstić information content (AvgIpc) is 2.96. The number of rotatable bonds is 4. The van der Waals surface area contributed by atoms with Gasteiger partial charge in [-0.05, 0) is 11.6 Å². The summed E-state index contributed by atoms with van der Waals surface area (Å²) in [5, 5.41) is 15.0. The van der Waals surface area contributed by atoms with Crippen molar-refractivity contribution in [2.24, 2.45) is 16.1 Å². The number of benzene rings is 1. The van der Waals surface area contributed by atoms with Gasteiger partial charge < -0.3 is 14.7 Å². The molecule has 1 amide bonds. The molecule has 1 aromatic carbocycles. The van der Waals surface area contributed by atoms with E-state index < -0.39 is 23.8 Å². The fraction of sp³-hybridized carbons (Fsp3) is 0.400. The van der Waals surface area contributed by atoms with Gasteiger partial charge in [-0.1, -0.05) is 0 Å². The Kier molecular flexibility index (Phi) is 4.46. The maximum Gasteiger partial charge on any atom is 0.406 e. The van der Waals surface area contributed by atoms with E-state index in [0.29, 0.717) is 5.56 Å². The summed E-state index contributed by atoms with van der Waals surface area (Å²) in [6, 6.07) is 2.61. The molecule has 0 saturated carbocycles. The second-order valence-corrected chi connectivity index (χ2v) is 5.55. The van der Waals surface area contributed by atoms with E-state index in [0.717, 1.165) is 12.3 Å². The van der Waals surface area contributed by atoms with Gasteiger partial charge in [-0.2, -0.15) is 18.3 Å². The van der Waals surface area contributed by atoms with Gasteiger partial charge in [0.15, 0.2) is 5.92 Å². The van der Waals surface area contributed by atoms with Crippen molar-refractivity contribution in [3.8, 4) is 5.75 Å². The van der Waals surface area contributed by atoms with Gasteiger partial charge in [0.1, 0.15) is 18.2 Å². The number of hydrogen-bond donors (Lipinski definition) is 1. The van der Waals surface area contributed by atoms with Crippen molar-refractivity contribution >= 4 is 5.91 Å². The van der Waals surface area contributed by atoms with Crippen LogP contribution in [0.5, 0.6) is 5.75 Å². The smallest absolute Gasteiger partial charge is 0.406 e. The van der Waals surface area contributed by atoms with Crippen molar-refractivity contribution in [1.29, 1.82) is 0 Å². The summed E-state index contributed by atoms with van der Waals surface area (Å²) >= 11 is 0. The van der Waals surface area contributed by atoms with Crippen molar-refractivity contribution in [2.75, 3.05) is 13.2 Å². The van der Waals surface area contributed by atoms with E-state index in [2.05, 4.69) is 10.2 Å². The number of carbonyl (C=O) groups excluding carboxylic acids is 1. The minimum atomic E-state index is -4.81. The fourth-order valence-corrected chi connectivity index (χ4v) is 2.84. The summed E-state index contributed by atoms with van der Waals surface area (Å²) in [6.45, 7) is -0.428. The first kappa shape index (κ1) is 17.3. The van der Waals surface area contributed by atoms with Gasteiger partial charge in [-0.25, -0.2) is 4.39 Å². The highest BCUT2D eigenvalue weighted by Gasteiger charge is 2.50. The van der Waals surface area contributed by atoms with Gasteiger partial charge in [0.2, 0.25) is 0 Å². The van der Waals surface area contributed by atoms with Crippen molar-refractivity contribution < 1.29 is 32.2 Å². The van der Waals surface area contributed by atoms with E-state index in [1.165, 1.54) is 11.0 Å². The van der Waals surface area contributed by atoms with E-state index in [4.69, 9.17) is 9.84 Å². The highest BCUT2D eigenvalue weighted by molar-refractivity contribution is 5.83. The Balaban J connectivity index is 1.88. The van der Waals surface area contributed by atoms with Crippen LogP contribution in [0.3, 0.4) is 0 Å². The number of nitrogens with zero attached hydrogens (tertiary/aromatic N) is 3. The Morgan fingerprint density at radius 3 is 2.76 bits per heavy atom. The van der Waals surface area contributed by atoms with Gasteiger partial charge in [0.25, 0.3) is 5.91 Å². The van der Waals surface area contributed by atoms with Crippen LogP contribution in [-0.2, 0) is 17.9 Å². The molecule has 1 N–H and O–H groups in total. The lowest BCUT2D eigenvalue weighted by molar-refractivity contribution is -0.177.